The molecule has 1 unspecified atom stereocenters. The standard InChI is InChI=1S/C29H33N3O2/c1-30-17-16-28(23-10-3-2-4-11-23)34-21-22-9-7-12-24(19-22)32-20-25-13-8-18-31(25)27-15-6-5-14-26(27)29(32)33/h2-7,9-12,14-15,19,25,28,30H,8,13,16-18,20-21H2,1H3/t25-,28?/m0/s1. The van der Waals surface area contributed by atoms with Crippen LogP contribution in [0.3, 0.4) is 0 Å². The fourth-order valence-corrected chi connectivity index (χ4v) is 5.21. The average Bonchev–Trinajstić information content (AvgIpc) is 3.31. The van der Waals surface area contributed by atoms with Crippen LogP contribution in [0, 0.1) is 0 Å². The highest BCUT2D eigenvalue weighted by atomic mass is 16.5. The Kier molecular flexibility index (Phi) is 6.93. The van der Waals surface area contributed by atoms with E-state index in [2.05, 4.69) is 52.7 Å². The normalized spacial score (nSPS) is 18.4. The highest BCUT2D eigenvalue weighted by Crippen LogP contribution is 2.35. The van der Waals surface area contributed by atoms with Gasteiger partial charge in [-0.15, -0.1) is 0 Å². The smallest absolute Gasteiger partial charge is 0.260 e. The monoisotopic (exact) mass is 455 g/mol. The fraction of sp³-hybridized carbons (Fsp3) is 0.345. The van der Waals surface area contributed by atoms with Crippen LogP contribution in [0.15, 0.2) is 78.9 Å². The van der Waals surface area contributed by atoms with E-state index in [1.54, 1.807) is 0 Å². The summed E-state index contributed by atoms with van der Waals surface area (Å²) in [6, 6.07) is 27.1. The maximum Gasteiger partial charge on any atom is 0.260 e. The van der Waals surface area contributed by atoms with Crippen molar-refractivity contribution in [1.82, 2.24) is 5.32 Å². The minimum absolute atomic E-state index is 0.0241. The van der Waals surface area contributed by atoms with Crippen molar-refractivity contribution < 1.29 is 9.53 Å². The summed E-state index contributed by atoms with van der Waals surface area (Å²) in [7, 11) is 1.97. The van der Waals surface area contributed by atoms with E-state index in [0.717, 1.165) is 48.4 Å². The number of benzene rings is 3. The van der Waals surface area contributed by atoms with Crippen LogP contribution in [0.25, 0.3) is 0 Å². The quantitative estimate of drug-likeness (QED) is 0.508. The second-order valence-electron chi connectivity index (χ2n) is 9.19. The molecule has 5 nitrogen and oxygen atoms in total. The summed E-state index contributed by atoms with van der Waals surface area (Å²) >= 11 is 0. The number of nitrogens with zero attached hydrogens (tertiary/aromatic N) is 2. The Morgan fingerprint density at radius 2 is 1.85 bits per heavy atom. The highest BCUT2D eigenvalue weighted by molar-refractivity contribution is 6.10. The second-order valence-corrected chi connectivity index (χ2v) is 9.19. The van der Waals surface area contributed by atoms with E-state index in [1.165, 1.54) is 12.0 Å². The van der Waals surface area contributed by atoms with Gasteiger partial charge in [-0.25, -0.2) is 0 Å². The van der Waals surface area contributed by atoms with E-state index >= 15 is 0 Å². The minimum atomic E-state index is 0.0241. The van der Waals surface area contributed by atoms with Gasteiger partial charge in [0.1, 0.15) is 0 Å². The molecule has 3 aromatic carbocycles. The molecule has 5 heteroatoms. The van der Waals surface area contributed by atoms with E-state index in [-0.39, 0.29) is 12.0 Å². The van der Waals surface area contributed by atoms with Gasteiger partial charge < -0.3 is 19.9 Å². The molecule has 0 radical (unpaired) electrons. The number of para-hydroxylation sites is 1. The largest absolute Gasteiger partial charge is 0.369 e. The van der Waals surface area contributed by atoms with Gasteiger partial charge in [0.2, 0.25) is 0 Å². The first-order chi connectivity index (χ1) is 16.7. The predicted molar refractivity (Wildman–Crippen MR) is 137 cm³/mol. The summed E-state index contributed by atoms with van der Waals surface area (Å²) in [5, 5.41) is 3.23. The summed E-state index contributed by atoms with van der Waals surface area (Å²) in [5.41, 5.74) is 5.09. The van der Waals surface area contributed by atoms with E-state index < -0.39 is 0 Å². The average molecular weight is 456 g/mol. The Hall–Kier alpha value is -3.15. The Morgan fingerprint density at radius 3 is 2.71 bits per heavy atom. The number of amides is 1. The number of carbonyl (C=O) groups is 1. The lowest BCUT2D eigenvalue weighted by molar-refractivity contribution is 0.0344. The number of nitrogens with one attached hydrogen (secondary N) is 1. The summed E-state index contributed by atoms with van der Waals surface area (Å²) in [5.74, 6) is 0.0826. The maximum atomic E-state index is 13.6. The number of ether oxygens (including phenoxy) is 1. The lowest BCUT2D eigenvalue weighted by Crippen LogP contribution is -2.39. The van der Waals surface area contributed by atoms with Crippen molar-refractivity contribution in [3.63, 3.8) is 0 Å². The second kappa shape index (κ2) is 10.4. The number of hydrogen-bond donors (Lipinski definition) is 1. The summed E-state index contributed by atoms with van der Waals surface area (Å²) in [6.07, 6.45) is 3.21. The van der Waals surface area contributed by atoms with Gasteiger partial charge in [-0.3, -0.25) is 4.79 Å². The van der Waals surface area contributed by atoms with Gasteiger partial charge in [-0.05, 0) is 68.2 Å². The van der Waals surface area contributed by atoms with Gasteiger partial charge in [0, 0.05) is 30.5 Å². The number of anilines is 2. The molecular weight excluding hydrogens is 422 g/mol. The molecule has 1 fully saturated rings. The molecule has 1 amide bonds. The summed E-state index contributed by atoms with van der Waals surface area (Å²) in [6.45, 7) is 3.13. The van der Waals surface area contributed by atoms with E-state index in [4.69, 9.17) is 4.74 Å². The number of fused-ring (bicyclic) bond motifs is 3. The van der Waals surface area contributed by atoms with Gasteiger partial charge in [-0.2, -0.15) is 0 Å². The Labute approximate surface area is 202 Å². The number of hydrogen-bond acceptors (Lipinski definition) is 4. The van der Waals surface area contributed by atoms with Crippen LogP contribution in [0.1, 0.15) is 46.9 Å². The van der Waals surface area contributed by atoms with Crippen molar-refractivity contribution in [3.05, 3.63) is 95.6 Å². The molecule has 2 heterocycles. The van der Waals surface area contributed by atoms with Crippen molar-refractivity contribution >= 4 is 17.3 Å². The van der Waals surface area contributed by atoms with E-state index in [1.807, 2.05) is 48.3 Å². The molecule has 5 rings (SSSR count). The van der Waals surface area contributed by atoms with E-state index in [0.29, 0.717) is 19.2 Å². The topological polar surface area (TPSA) is 44.8 Å². The molecule has 0 aromatic heterocycles. The molecule has 0 saturated carbocycles. The molecule has 176 valence electrons. The van der Waals surface area contributed by atoms with Gasteiger partial charge >= 0.3 is 0 Å². The Bertz CT molecular complexity index is 1120. The number of rotatable bonds is 8. The zero-order valence-electron chi connectivity index (χ0n) is 19.8. The maximum absolute atomic E-state index is 13.6. The Morgan fingerprint density at radius 1 is 1.03 bits per heavy atom. The van der Waals surface area contributed by atoms with Crippen LogP contribution in [0.5, 0.6) is 0 Å². The zero-order chi connectivity index (χ0) is 23.3. The summed E-state index contributed by atoms with van der Waals surface area (Å²) in [4.78, 5) is 18.0. The fourth-order valence-electron chi connectivity index (χ4n) is 5.21. The van der Waals surface area contributed by atoms with Crippen molar-refractivity contribution in [3.8, 4) is 0 Å². The molecule has 2 aliphatic heterocycles. The van der Waals surface area contributed by atoms with Crippen LogP contribution in [-0.4, -0.2) is 38.6 Å². The lowest BCUT2D eigenvalue weighted by Gasteiger charge is -2.28. The van der Waals surface area contributed by atoms with Gasteiger partial charge in [0.05, 0.1) is 18.3 Å². The van der Waals surface area contributed by atoms with E-state index in [9.17, 15) is 4.79 Å². The van der Waals surface area contributed by atoms with Crippen LogP contribution >= 0.6 is 0 Å². The van der Waals surface area contributed by atoms with Gasteiger partial charge in [0.15, 0.2) is 0 Å². The van der Waals surface area contributed by atoms with Crippen molar-refractivity contribution in [2.24, 2.45) is 0 Å². The molecule has 2 atom stereocenters. The van der Waals surface area contributed by atoms with Crippen molar-refractivity contribution in [2.75, 3.05) is 36.5 Å². The SMILES string of the molecule is CNCCC(OCc1cccc(N2C[C@@H]3CCCN3c3ccccc3C2=O)c1)c1ccccc1. The molecule has 0 spiro atoms. The molecule has 34 heavy (non-hydrogen) atoms. The van der Waals surface area contributed by atoms with Crippen LogP contribution < -0.4 is 15.1 Å². The third kappa shape index (κ3) is 4.72. The van der Waals surface area contributed by atoms with Gasteiger partial charge in [0.25, 0.3) is 5.91 Å². The van der Waals surface area contributed by atoms with Crippen LogP contribution in [0.4, 0.5) is 11.4 Å². The lowest BCUT2D eigenvalue weighted by atomic mass is 10.1. The van der Waals surface area contributed by atoms with Crippen molar-refractivity contribution in [2.45, 2.75) is 38.0 Å². The first-order valence-corrected chi connectivity index (χ1v) is 12.3. The van der Waals surface area contributed by atoms with Gasteiger partial charge in [-0.1, -0.05) is 54.6 Å². The van der Waals surface area contributed by atoms with Crippen molar-refractivity contribution in [1.29, 1.82) is 0 Å². The third-order valence-corrected chi connectivity index (χ3v) is 6.96. The molecule has 1 N–H and O–H groups in total. The predicted octanol–water partition coefficient (Wildman–Crippen LogP) is 5.18. The van der Waals surface area contributed by atoms with Crippen LogP contribution in [-0.2, 0) is 11.3 Å². The first kappa shape index (κ1) is 22.6. The highest BCUT2D eigenvalue weighted by Gasteiger charge is 2.35. The minimum Gasteiger partial charge on any atom is -0.369 e. The van der Waals surface area contributed by atoms with Crippen LogP contribution in [0.2, 0.25) is 0 Å². The molecule has 0 bridgehead atoms. The third-order valence-electron chi connectivity index (χ3n) is 6.96. The molecule has 1 saturated heterocycles. The number of carbonyl (C=O) groups excluding carboxylic acids is 1. The summed E-state index contributed by atoms with van der Waals surface area (Å²) < 4.78 is 6.38. The molecular formula is C29H33N3O2. The molecule has 0 aliphatic carbocycles. The molecule has 2 aliphatic rings. The Balaban J connectivity index is 1.37. The molecule has 3 aromatic rings. The first-order valence-electron chi connectivity index (χ1n) is 12.3. The zero-order valence-corrected chi connectivity index (χ0v) is 19.8.